The second-order valence-electron chi connectivity index (χ2n) is 18.7. The summed E-state index contributed by atoms with van der Waals surface area (Å²) in [5.41, 5.74) is 0.425. The van der Waals surface area contributed by atoms with Gasteiger partial charge in [-0.15, -0.1) is 0 Å². The summed E-state index contributed by atoms with van der Waals surface area (Å²) >= 11 is 0. The molecule has 52 heavy (non-hydrogen) atoms. The molecule has 298 valence electrons. The molecule has 0 amide bonds. The Labute approximate surface area is 307 Å². The van der Waals surface area contributed by atoms with Crippen molar-refractivity contribution in [2.24, 2.45) is 52.3 Å². The van der Waals surface area contributed by atoms with E-state index in [1.807, 2.05) is 0 Å². The fraction of sp³-hybridized carbons (Fsp3) is 1.00. The van der Waals surface area contributed by atoms with Crippen LogP contribution < -0.4 is 0 Å². The number of hydrogen-bond donors (Lipinski definition) is 7. The average Bonchev–Trinajstić information content (AvgIpc) is 3.58. The van der Waals surface area contributed by atoms with Crippen molar-refractivity contribution in [3.63, 3.8) is 0 Å². The third-order valence-corrected chi connectivity index (χ3v) is 16.2. The molecule has 4 saturated carbocycles. The Bertz CT molecular complexity index is 1260. The number of fused-ring (bicyclic) bond motifs is 7. The van der Waals surface area contributed by atoms with Gasteiger partial charge in [-0.05, 0) is 104 Å². The van der Waals surface area contributed by atoms with E-state index in [9.17, 15) is 35.7 Å². The molecule has 7 N–H and O–H groups in total. The summed E-state index contributed by atoms with van der Waals surface area (Å²) in [5, 5.41) is 72.7. The highest BCUT2D eigenvalue weighted by Gasteiger charge is 2.69. The van der Waals surface area contributed by atoms with E-state index >= 15 is 0 Å². The molecule has 13 heteroatoms. The first kappa shape index (κ1) is 38.4. The first-order chi connectivity index (χ1) is 24.7. The zero-order chi connectivity index (χ0) is 36.9. The molecule has 8 aliphatic rings. The molecule has 22 atom stereocenters. The predicted octanol–water partition coefficient (Wildman–Crippen LogP) is 1.44. The minimum atomic E-state index is -1.71. The molecule has 4 heterocycles. The van der Waals surface area contributed by atoms with Gasteiger partial charge >= 0.3 is 0 Å². The third-order valence-electron chi connectivity index (χ3n) is 16.2. The SMILES string of the molecule is CC1CC[C@@]2(OC1)OC1CC3C4CCC5CC(OC6OC(CO)C(O)C(O)C6OC6OC(CO)C(O)C(O)C6O)CC[C@]5(C)C4CC[C@]3(C)C1C2C. The normalized spacial score (nSPS) is 59.0. The Morgan fingerprint density at radius 1 is 0.673 bits per heavy atom. The van der Waals surface area contributed by atoms with Gasteiger partial charge < -0.3 is 64.2 Å². The van der Waals surface area contributed by atoms with Crippen molar-refractivity contribution in [3.05, 3.63) is 0 Å². The topological polar surface area (TPSA) is 197 Å². The number of ether oxygens (including phenoxy) is 6. The van der Waals surface area contributed by atoms with E-state index in [0.29, 0.717) is 41.4 Å². The summed E-state index contributed by atoms with van der Waals surface area (Å²) in [7, 11) is 0. The maximum absolute atomic E-state index is 11.1. The highest BCUT2D eigenvalue weighted by Crippen LogP contribution is 2.71. The smallest absolute Gasteiger partial charge is 0.187 e. The number of hydrogen-bond acceptors (Lipinski definition) is 13. The van der Waals surface area contributed by atoms with E-state index in [2.05, 4.69) is 27.7 Å². The standard InChI is InChI=1S/C39H64O13/c1-18-7-12-39(47-17-18)19(2)28-25(52-39)14-24-22-6-5-20-13-21(8-10-37(20,3)23(22)9-11-38(24,28)4)48-36-34(32(45)30(43)27(16-41)50-36)51-35-33(46)31(44)29(42)26(15-40)49-35/h18-36,40-46H,5-17H2,1-4H3/t18?,19?,20?,21?,22?,23?,24?,25?,26?,27?,28?,29?,30?,31?,32?,33?,34?,35?,36?,37-,38-,39+/m0/s1. The van der Waals surface area contributed by atoms with Crippen molar-refractivity contribution >= 4 is 0 Å². The molecule has 19 unspecified atom stereocenters. The zero-order valence-electron chi connectivity index (χ0n) is 31.2. The highest BCUT2D eigenvalue weighted by atomic mass is 16.8. The predicted molar refractivity (Wildman–Crippen MR) is 183 cm³/mol. The minimum Gasteiger partial charge on any atom is -0.394 e. The van der Waals surface area contributed by atoms with Crippen LogP contribution in [0.2, 0.25) is 0 Å². The van der Waals surface area contributed by atoms with E-state index in [1.165, 1.54) is 25.7 Å². The lowest BCUT2D eigenvalue weighted by molar-refractivity contribution is -0.373. The Balaban J connectivity index is 0.942. The first-order valence-electron chi connectivity index (χ1n) is 20.3. The van der Waals surface area contributed by atoms with Gasteiger partial charge in [0.2, 0.25) is 0 Å². The van der Waals surface area contributed by atoms with Gasteiger partial charge in [0.05, 0.1) is 32.0 Å². The van der Waals surface area contributed by atoms with Gasteiger partial charge in [0.15, 0.2) is 18.4 Å². The second kappa shape index (κ2) is 14.1. The molecule has 4 aliphatic heterocycles. The molecule has 1 spiro atoms. The molecular formula is C39H64O13. The largest absolute Gasteiger partial charge is 0.394 e. The number of aliphatic hydroxyl groups is 7. The lowest BCUT2D eigenvalue weighted by Gasteiger charge is -2.61. The van der Waals surface area contributed by atoms with Crippen LogP contribution in [0.1, 0.15) is 91.9 Å². The molecule has 0 aromatic carbocycles. The molecule has 0 bridgehead atoms. The van der Waals surface area contributed by atoms with Crippen LogP contribution >= 0.6 is 0 Å². The Morgan fingerprint density at radius 3 is 2.06 bits per heavy atom. The fourth-order valence-corrected chi connectivity index (χ4v) is 13.2. The monoisotopic (exact) mass is 740 g/mol. The van der Waals surface area contributed by atoms with Gasteiger partial charge in [0.1, 0.15) is 48.8 Å². The Hall–Kier alpha value is -0.520. The summed E-state index contributed by atoms with van der Waals surface area (Å²) in [6.07, 6.45) is -3.88. The molecule has 8 rings (SSSR count). The summed E-state index contributed by atoms with van der Waals surface area (Å²) in [4.78, 5) is 0. The van der Waals surface area contributed by atoms with Gasteiger partial charge in [-0.1, -0.05) is 27.7 Å². The van der Waals surface area contributed by atoms with Crippen LogP contribution in [-0.4, -0.2) is 135 Å². The van der Waals surface area contributed by atoms with E-state index in [4.69, 9.17) is 28.4 Å². The van der Waals surface area contributed by atoms with E-state index in [1.54, 1.807) is 0 Å². The summed E-state index contributed by atoms with van der Waals surface area (Å²) < 4.78 is 37.5. The van der Waals surface area contributed by atoms with Crippen molar-refractivity contribution in [2.45, 2.75) is 171 Å². The molecule has 0 aromatic rings. The molecule has 13 nitrogen and oxygen atoms in total. The van der Waals surface area contributed by atoms with Crippen LogP contribution in [0.15, 0.2) is 0 Å². The highest BCUT2D eigenvalue weighted by molar-refractivity contribution is 5.15. The van der Waals surface area contributed by atoms with E-state index in [0.717, 1.165) is 45.1 Å². The maximum atomic E-state index is 11.1. The number of rotatable bonds is 6. The lowest BCUT2D eigenvalue weighted by atomic mass is 9.44. The van der Waals surface area contributed by atoms with Crippen molar-refractivity contribution in [2.75, 3.05) is 19.8 Å². The average molecular weight is 741 g/mol. The van der Waals surface area contributed by atoms with Crippen LogP contribution in [0.3, 0.4) is 0 Å². The van der Waals surface area contributed by atoms with Gasteiger partial charge in [-0.3, -0.25) is 0 Å². The summed E-state index contributed by atoms with van der Waals surface area (Å²) in [6.45, 7) is 9.33. The van der Waals surface area contributed by atoms with Crippen molar-refractivity contribution in [1.29, 1.82) is 0 Å². The molecule has 8 fully saturated rings. The van der Waals surface area contributed by atoms with Crippen LogP contribution in [0, 0.1) is 52.3 Å². The Kier molecular flexibility index (Phi) is 10.4. The molecule has 4 aliphatic carbocycles. The van der Waals surface area contributed by atoms with Crippen LogP contribution in [0.25, 0.3) is 0 Å². The number of aliphatic hydroxyl groups excluding tert-OH is 7. The van der Waals surface area contributed by atoms with Crippen LogP contribution in [0.5, 0.6) is 0 Å². The molecular weight excluding hydrogens is 676 g/mol. The van der Waals surface area contributed by atoms with E-state index in [-0.39, 0.29) is 23.0 Å². The van der Waals surface area contributed by atoms with E-state index < -0.39 is 80.4 Å². The zero-order valence-corrected chi connectivity index (χ0v) is 31.2. The van der Waals surface area contributed by atoms with Gasteiger partial charge in [-0.2, -0.15) is 0 Å². The fourth-order valence-electron chi connectivity index (χ4n) is 13.2. The van der Waals surface area contributed by atoms with Crippen molar-refractivity contribution < 1.29 is 64.2 Å². The van der Waals surface area contributed by atoms with Gasteiger partial charge in [-0.25, -0.2) is 0 Å². The first-order valence-corrected chi connectivity index (χ1v) is 20.3. The lowest BCUT2D eigenvalue weighted by Crippen LogP contribution is -2.65. The van der Waals surface area contributed by atoms with Gasteiger partial charge in [0, 0.05) is 12.3 Å². The third kappa shape index (κ3) is 5.98. The molecule has 4 saturated heterocycles. The van der Waals surface area contributed by atoms with Crippen molar-refractivity contribution in [1.82, 2.24) is 0 Å². The molecule has 0 radical (unpaired) electrons. The van der Waals surface area contributed by atoms with Crippen LogP contribution in [-0.2, 0) is 28.4 Å². The summed E-state index contributed by atoms with van der Waals surface area (Å²) in [5.74, 6) is 3.51. The maximum Gasteiger partial charge on any atom is 0.187 e. The minimum absolute atomic E-state index is 0.168. The van der Waals surface area contributed by atoms with Gasteiger partial charge in [0.25, 0.3) is 0 Å². The summed E-state index contributed by atoms with van der Waals surface area (Å²) in [6, 6.07) is 0. The van der Waals surface area contributed by atoms with Crippen molar-refractivity contribution in [3.8, 4) is 0 Å². The van der Waals surface area contributed by atoms with Crippen LogP contribution in [0.4, 0.5) is 0 Å². The molecule has 0 aromatic heterocycles. The quantitative estimate of drug-likeness (QED) is 0.194. The Morgan fingerprint density at radius 2 is 1.37 bits per heavy atom. The second-order valence-corrected chi connectivity index (χ2v) is 18.7.